The third kappa shape index (κ3) is 5.68. The SMILES string of the molecule is CC(=O)[C@@H]1C[C@@H]2CN1C(=O)[C@H](C(C)(C)C)NC1=NN=C(CC/C=C/c3cccc(c3)-c3nc4ccccc4nc3O2)C1. The van der Waals surface area contributed by atoms with Crippen LogP contribution in [0.15, 0.2) is 64.8 Å². The standard InChI is InChI=1S/C33H36N6O3/c1-20(40)27-18-24-19-39(27)32(41)30(33(2,3)4)36-28-17-23(37-38-28)13-6-5-10-21-11-9-12-22(16-21)29-31(42-24)35-26-15-8-7-14-25(26)34-29/h5,7-12,14-16,24,27,30H,6,13,17-19H2,1-4H3,(H,36,38)/b10-5+/t24-,27+,30-/m1/s1. The number of aromatic nitrogens is 2. The van der Waals surface area contributed by atoms with E-state index in [9.17, 15) is 9.59 Å². The minimum atomic E-state index is -0.595. The van der Waals surface area contributed by atoms with Crippen LogP contribution in [0.4, 0.5) is 0 Å². The first-order chi connectivity index (χ1) is 20.2. The van der Waals surface area contributed by atoms with Gasteiger partial charge < -0.3 is 15.0 Å². The summed E-state index contributed by atoms with van der Waals surface area (Å²) in [6, 6.07) is 14.6. The van der Waals surface area contributed by atoms with Gasteiger partial charge >= 0.3 is 0 Å². The van der Waals surface area contributed by atoms with Crippen LogP contribution in [0, 0.1) is 5.41 Å². The van der Waals surface area contributed by atoms with Crippen molar-refractivity contribution >= 4 is 40.3 Å². The zero-order valence-electron chi connectivity index (χ0n) is 24.5. The molecule has 2 aromatic carbocycles. The van der Waals surface area contributed by atoms with E-state index in [1.54, 1.807) is 4.90 Å². The summed E-state index contributed by atoms with van der Waals surface area (Å²) in [5.41, 5.74) is 4.57. The Morgan fingerprint density at radius 2 is 1.83 bits per heavy atom. The van der Waals surface area contributed by atoms with Gasteiger partial charge in [0.2, 0.25) is 11.8 Å². The maximum atomic E-state index is 14.1. The lowest BCUT2D eigenvalue weighted by Gasteiger charge is -2.35. The molecule has 1 aromatic heterocycles. The van der Waals surface area contributed by atoms with Crippen LogP contribution in [-0.2, 0) is 9.59 Å². The molecule has 0 unspecified atom stereocenters. The molecule has 3 aliphatic heterocycles. The quantitative estimate of drug-likeness (QED) is 0.435. The highest BCUT2D eigenvalue weighted by molar-refractivity contribution is 6.07. The minimum Gasteiger partial charge on any atom is -0.471 e. The number of hydrogen-bond acceptors (Lipinski definition) is 8. The molecule has 3 atom stereocenters. The van der Waals surface area contributed by atoms with Crippen molar-refractivity contribution in [2.24, 2.45) is 15.6 Å². The van der Waals surface area contributed by atoms with Crippen molar-refractivity contribution in [1.82, 2.24) is 20.2 Å². The van der Waals surface area contributed by atoms with Crippen molar-refractivity contribution in [1.29, 1.82) is 0 Å². The van der Waals surface area contributed by atoms with Crippen LogP contribution >= 0.6 is 0 Å². The first-order valence-corrected chi connectivity index (χ1v) is 14.6. The molecule has 0 saturated carbocycles. The van der Waals surface area contributed by atoms with Crippen molar-refractivity contribution in [3.63, 3.8) is 0 Å². The Morgan fingerprint density at radius 3 is 2.60 bits per heavy atom. The molecular weight excluding hydrogens is 528 g/mol. The molecule has 9 heteroatoms. The number of rotatable bonds is 1. The summed E-state index contributed by atoms with van der Waals surface area (Å²) < 4.78 is 6.56. The van der Waals surface area contributed by atoms with Crippen LogP contribution in [0.5, 0.6) is 5.88 Å². The van der Waals surface area contributed by atoms with E-state index in [4.69, 9.17) is 14.7 Å². The van der Waals surface area contributed by atoms with Crippen LogP contribution < -0.4 is 10.1 Å². The molecule has 1 N–H and O–H groups in total. The van der Waals surface area contributed by atoms with Gasteiger partial charge in [0.05, 0.1) is 23.6 Å². The Kier molecular flexibility index (Phi) is 7.35. The fourth-order valence-electron chi connectivity index (χ4n) is 5.78. The summed E-state index contributed by atoms with van der Waals surface area (Å²) in [5, 5.41) is 12.1. The molecule has 0 aliphatic carbocycles. The lowest BCUT2D eigenvalue weighted by atomic mass is 9.85. The molecule has 0 spiro atoms. The zero-order chi connectivity index (χ0) is 29.4. The summed E-state index contributed by atoms with van der Waals surface area (Å²) >= 11 is 0. The van der Waals surface area contributed by atoms with E-state index >= 15 is 0 Å². The maximum Gasteiger partial charge on any atom is 0.246 e. The number of benzene rings is 2. The number of hydrogen-bond donors (Lipinski definition) is 1. The largest absolute Gasteiger partial charge is 0.471 e. The predicted octanol–water partition coefficient (Wildman–Crippen LogP) is 5.20. The van der Waals surface area contributed by atoms with E-state index in [1.165, 1.54) is 6.92 Å². The summed E-state index contributed by atoms with van der Waals surface area (Å²) in [6.45, 7) is 7.84. The van der Waals surface area contributed by atoms with Gasteiger partial charge in [0, 0.05) is 24.1 Å². The van der Waals surface area contributed by atoms with Crippen molar-refractivity contribution in [2.45, 2.75) is 71.6 Å². The number of nitrogens with zero attached hydrogens (tertiary/aromatic N) is 5. The molecular formula is C33H36N6O3. The van der Waals surface area contributed by atoms with Gasteiger partial charge in [0.15, 0.2) is 5.78 Å². The second-order valence-electron chi connectivity index (χ2n) is 12.4. The summed E-state index contributed by atoms with van der Waals surface area (Å²) in [7, 11) is 0. The van der Waals surface area contributed by atoms with Gasteiger partial charge in [-0.2, -0.15) is 5.10 Å². The zero-order valence-corrected chi connectivity index (χ0v) is 24.5. The molecule has 3 aliphatic rings. The number of nitrogens with one attached hydrogen (secondary N) is 1. The molecule has 4 heterocycles. The molecule has 1 saturated heterocycles. The Bertz CT molecular complexity index is 1640. The highest BCUT2D eigenvalue weighted by Crippen LogP contribution is 2.34. The Morgan fingerprint density at radius 1 is 1.05 bits per heavy atom. The number of amidine groups is 1. The van der Waals surface area contributed by atoms with Gasteiger partial charge in [-0.05, 0) is 48.9 Å². The fourth-order valence-corrected chi connectivity index (χ4v) is 5.78. The molecule has 6 rings (SSSR count). The number of Topliss-reactive ketones (excluding diaryl/α,β-unsaturated/α-hetero) is 1. The molecule has 9 nitrogen and oxygen atoms in total. The van der Waals surface area contributed by atoms with Crippen molar-refractivity contribution in [3.8, 4) is 17.1 Å². The Balaban J connectivity index is 1.43. The topological polar surface area (TPSA) is 109 Å². The summed E-state index contributed by atoms with van der Waals surface area (Å²) in [6.07, 6.45) is 6.35. The number of ether oxygens (including phenoxy) is 1. The van der Waals surface area contributed by atoms with Crippen molar-refractivity contribution in [2.75, 3.05) is 6.54 Å². The van der Waals surface area contributed by atoms with E-state index in [0.717, 1.165) is 40.7 Å². The Labute approximate surface area is 245 Å². The van der Waals surface area contributed by atoms with E-state index in [1.807, 2.05) is 57.2 Å². The molecule has 0 radical (unpaired) electrons. The summed E-state index contributed by atoms with van der Waals surface area (Å²) in [5.74, 6) is 0.848. The third-order valence-electron chi connectivity index (χ3n) is 8.01. The summed E-state index contributed by atoms with van der Waals surface area (Å²) in [4.78, 5) is 38.5. The van der Waals surface area contributed by atoms with E-state index in [0.29, 0.717) is 30.3 Å². The fraction of sp³-hybridized carbons (Fsp3) is 0.394. The monoisotopic (exact) mass is 564 g/mol. The highest BCUT2D eigenvalue weighted by atomic mass is 16.5. The second kappa shape index (κ2) is 11.1. The predicted molar refractivity (Wildman–Crippen MR) is 164 cm³/mol. The van der Waals surface area contributed by atoms with Crippen LogP contribution in [0.3, 0.4) is 0 Å². The molecule has 216 valence electrons. The first kappa shape index (κ1) is 27.8. The van der Waals surface area contributed by atoms with Gasteiger partial charge in [-0.15, -0.1) is 5.10 Å². The number of allylic oxidation sites excluding steroid dienone is 1. The number of fused-ring (bicyclic) bond motifs is 9. The average molecular weight is 565 g/mol. The number of amides is 1. The number of para-hydroxylation sites is 2. The molecule has 1 amide bonds. The normalized spacial score (nSPS) is 23.5. The van der Waals surface area contributed by atoms with E-state index < -0.39 is 23.6 Å². The molecule has 1 fully saturated rings. The third-order valence-corrected chi connectivity index (χ3v) is 8.01. The second-order valence-corrected chi connectivity index (χ2v) is 12.4. The molecule has 3 aromatic rings. The number of ketones is 1. The van der Waals surface area contributed by atoms with Crippen molar-refractivity contribution < 1.29 is 14.3 Å². The van der Waals surface area contributed by atoms with Gasteiger partial charge in [-0.1, -0.05) is 63.3 Å². The van der Waals surface area contributed by atoms with E-state index in [2.05, 4.69) is 39.8 Å². The number of carbonyl (C=O) groups excluding carboxylic acids is 2. The highest BCUT2D eigenvalue weighted by Gasteiger charge is 2.45. The first-order valence-electron chi connectivity index (χ1n) is 14.6. The van der Waals surface area contributed by atoms with Crippen LogP contribution in [-0.4, -0.2) is 62.8 Å². The lowest BCUT2D eigenvalue weighted by Crippen LogP contribution is -2.56. The minimum absolute atomic E-state index is 0.0719. The average Bonchev–Trinajstić information content (AvgIpc) is 3.60. The van der Waals surface area contributed by atoms with Gasteiger partial charge in [-0.25, -0.2) is 9.97 Å². The van der Waals surface area contributed by atoms with E-state index in [-0.39, 0.29) is 18.2 Å². The van der Waals surface area contributed by atoms with Gasteiger partial charge in [0.1, 0.15) is 23.7 Å². The van der Waals surface area contributed by atoms with Gasteiger partial charge in [-0.3, -0.25) is 9.59 Å². The van der Waals surface area contributed by atoms with Crippen LogP contribution in [0.25, 0.3) is 28.4 Å². The van der Waals surface area contributed by atoms with Crippen molar-refractivity contribution in [3.05, 3.63) is 60.2 Å². The van der Waals surface area contributed by atoms with Crippen LogP contribution in [0.1, 0.15) is 58.9 Å². The number of carbonyl (C=O) groups is 2. The molecule has 42 heavy (non-hydrogen) atoms. The lowest BCUT2D eigenvalue weighted by molar-refractivity contribution is -0.140. The Hall–Kier alpha value is -4.40. The maximum absolute atomic E-state index is 14.1. The molecule has 6 bridgehead atoms. The van der Waals surface area contributed by atoms with Gasteiger partial charge in [0.25, 0.3) is 0 Å². The smallest absolute Gasteiger partial charge is 0.246 e. The van der Waals surface area contributed by atoms with Crippen LogP contribution in [0.2, 0.25) is 0 Å².